The molecule has 3 aromatic heterocycles. The van der Waals surface area contributed by atoms with Gasteiger partial charge in [-0.05, 0) is 26.8 Å². The first-order valence-corrected chi connectivity index (χ1v) is 12.8. The largest absolute Gasteiger partial charge is 0.383 e. The van der Waals surface area contributed by atoms with Crippen LogP contribution in [0.5, 0.6) is 0 Å². The van der Waals surface area contributed by atoms with Crippen LogP contribution >= 0.6 is 11.8 Å². The molecular formula is C25H26FN5O4S. The Kier molecular flexibility index (Phi) is 5.75. The number of ether oxygens (including phenoxy) is 3. The standard InChI is InChI=1S/C25H26FN5O4S/c1-13-16(18(35-30-13)14-7-5-4-6-8-14)11-36-12-17-19-20(34-25(2,3)33-19)23(32-17)31-10-9-15-21(27)28-24(26)29-22(15)31/h4-10,17,19-20,23H,11-12H2,1-3H3,(H2,27,28,29)/t17-,19-,20-,23-/m1/s1. The van der Waals surface area contributed by atoms with Gasteiger partial charge in [0.05, 0.1) is 17.2 Å². The fourth-order valence-electron chi connectivity index (χ4n) is 4.90. The monoisotopic (exact) mass is 511 g/mol. The maximum atomic E-state index is 14.0. The summed E-state index contributed by atoms with van der Waals surface area (Å²) in [6.07, 6.45) is -0.606. The normalized spacial score (nSPS) is 25.0. The van der Waals surface area contributed by atoms with Crippen LogP contribution in [0.1, 0.15) is 31.3 Å². The molecular weight excluding hydrogens is 485 g/mol. The number of rotatable bonds is 6. The first-order chi connectivity index (χ1) is 17.3. The zero-order valence-corrected chi connectivity index (χ0v) is 20.9. The molecule has 1 aromatic carbocycles. The number of thioether (sulfide) groups is 1. The second-order valence-corrected chi connectivity index (χ2v) is 10.5. The number of nitrogens with zero attached hydrogens (tertiary/aromatic N) is 4. The lowest BCUT2D eigenvalue weighted by Crippen LogP contribution is -2.31. The van der Waals surface area contributed by atoms with E-state index in [0.717, 1.165) is 22.6 Å². The maximum Gasteiger partial charge on any atom is 0.312 e. The fraction of sp³-hybridized carbons (Fsp3) is 0.400. The SMILES string of the molecule is Cc1noc(-c2ccccc2)c1CSC[C@H]1O[C@@H](n2ccc3c(N)nc(F)nc32)[C@@H]2OC(C)(C)O[C@@H]21. The number of fused-ring (bicyclic) bond motifs is 2. The van der Waals surface area contributed by atoms with E-state index >= 15 is 0 Å². The molecule has 2 saturated heterocycles. The summed E-state index contributed by atoms with van der Waals surface area (Å²) < 4.78 is 40.3. The molecule has 36 heavy (non-hydrogen) atoms. The van der Waals surface area contributed by atoms with E-state index in [1.165, 1.54) is 0 Å². The number of benzene rings is 1. The molecule has 2 fully saturated rings. The predicted molar refractivity (Wildman–Crippen MR) is 132 cm³/mol. The Morgan fingerprint density at radius 2 is 1.89 bits per heavy atom. The van der Waals surface area contributed by atoms with E-state index in [0.29, 0.717) is 22.5 Å². The molecule has 0 radical (unpaired) electrons. The lowest BCUT2D eigenvalue weighted by atomic mass is 10.1. The van der Waals surface area contributed by atoms with Crippen molar-refractivity contribution in [2.75, 3.05) is 11.5 Å². The van der Waals surface area contributed by atoms with Crippen LogP contribution in [0.4, 0.5) is 10.2 Å². The number of hydrogen-bond acceptors (Lipinski definition) is 9. The highest BCUT2D eigenvalue weighted by atomic mass is 32.2. The van der Waals surface area contributed by atoms with Gasteiger partial charge in [0, 0.05) is 28.8 Å². The smallest absolute Gasteiger partial charge is 0.312 e. The summed E-state index contributed by atoms with van der Waals surface area (Å²) >= 11 is 1.71. The van der Waals surface area contributed by atoms with Crippen molar-refractivity contribution in [1.82, 2.24) is 19.7 Å². The Bertz CT molecular complexity index is 1410. The molecule has 0 aliphatic carbocycles. The third-order valence-electron chi connectivity index (χ3n) is 6.52. The van der Waals surface area contributed by atoms with E-state index in [4.69, 9.17) is 24.5 Å². The van der Waals surface area contributed by atoms with Gasteiger partial charge in [0.15, 0.2) is 23.4 Å². The molecule has 5 heterocycles. The lowest BCUT2D eigenvalue weighted by molar-refractivity contribution is -0.193. The van der Waals surface area contributed by atoms with Crippen molar-refractivity contribution >= 4 is 28.6 Å². The highest BCUT2D eigenvalue weighted by Crippen LogP contribution is 2.45. The fourth-order valence-corrected chi connectivity index (χ4v) is 6.07. The van der Waals surface area contributed by atoms with E-state index in [-0.39, 0.29) is 18.0 Å². The summed E-state index contributed by atoms with van der Waals surface area (Å²) in [4.78, 5) is 7.59. The minimum Gasteiger partial charge on any atom is -0.383 e. The average Bonchev–Trinajstić information content (AvgIpc) is 3.57. The summed E-state index contributed by atoms with van der Waals surface area (Å²) in [6, 6.07) is 11.7. The van der Waals surface area contributed by atoms with Crippen molar-refractivity contribution in [1.29, 1.82) is 0 Å². The Balaban J connectivity index is 1.23. The first-order valence-electron chi connectivity index (χ1n) is 11.7. The highest BCUT2D eigenvalue weighted by Gasteiger charge is 2.55. The molecule has 4 atom stereocenters. The van der Waals surface area contributed by atoms with Gasteiger partial charge in [0.2, 0.25) is 0 Å². The highest BCUT2D eigenvalue weighted by molar-refractivity contribution is 7.98. The van der Waals surface area contributed by atoms with E-state index in [2.05, 4.69) is 15.1 Å². The van der Waals surface area contributed by atoms with Gasteiger partial charge in [-0.3, -0.25) is 0 Å². The molecule has 6 rings (SSSR count). The predicted octanol–water partition coefficient (Wildman–Crippen LogP) is 4.47. The van der Waals surface area contributed by atoms with E-state index in [9.17, 15) is 4.39 Å². The van der Waals surface area contributed by atoms with Gasteiger partial charge < -0.3 is 29.0 Å². The minimum atomic E-state index is -0.885. The summed E-state index contributed by atoms with van der Waals surface area (Å²) in [5, 5.41) is 4.74. The topological polar surface area (TPSA) is 110 Å². The molecule has 188 valence electrons. The summed E-state index contributed by atoms with van der Waals surface area (Å²) in [5.74, 6) is 1.45. The van der Waals surface area contributed by atoms with Crippen molar-refractivity contribution in [3.05, 3.63) is 59.9 Å². The van der Waals surface area contributed by atoms with Gasteiger partial charge in [-0.1, -0.05) is 35.5 Å². The van der Waals surface area contributed by atoms with Gasteiger partial charge in [-0.25, -0.2) is 0 Å². The molecule has 4 aromatic rings. The van der Waals surface area contributed by atoms with E-state index < -0.39 is 24.2 Å². The minimum absolute atomic E-state index is 0.0835. The maximum absolute atomic E-state index is 14.0. The Hall–Kier alpha value is -2.99. The molecule has 9 nitrogen and oxygen atoms in total. The Labute approximate surface area is 211 Å². The summed E-state index contributed by atoms with van der Waals surface area (Å²) in [5.41, 5.74) is 9.18. The van der Waals surface area contributed by atoms with Crippen molar-refractivity contribution in [3.63, 3.8) is 0 Å². The zero-order valence-electron chi connectivity index (χ0n) is 20.1. The van der Waals surface area contributed by atoms with Crippen molar-refractivity contribution in [2.45, 2.75) is 56.9 Å². The molecule has 0 spiro atoms. The number of halogens is 1. The number of hydrogen-bond donors (Lipinski definition) is 1. The van der Waals surface area contributed by atoms with Crippen LogP contribution in [0.15, 0.2) is 47.1 Å². The number of aromatic nitrogens is 4. The first kappa shape index (κ1) is 23.4. The molecule has 0 bridgehead atoms. The lowest BCUT2D eigenvalue weighted by Gasteiger charge is -2.25. The number of anilines is 1. The summed E-state index contributed by atoms with van der Waals surface area (Å²) in [6.45, 7) is 5.71. The summed E-state index contributed by atoms with van der Waals surface area (Å²) in [7, 11) is 0. The third kappa shape index (κ3) is 4.05. The van der Waals surface area contributed by atoms with Crippen LogP contribution in [0, 0.1) is 13.0 Å². The number of aryl methyl sites for hydroxylation is 1. The van der Waals surface area contributed by atoms with Gasteiger partial charge in [0.25, 0.3) is 0 Å². The van der Waals surface area contributed by atoms with Crippen LogP contribution in [0.25, 0.3) is 22.4 Å². The van der Waals surface area contributed by atoms with Crippen LogP contribution < -0.4 is 5.73 Å². The second kappa shape index (κ2) is 8.84. The van der Waals surface area contributed by atoms with Crippen LogP contribution in [0.3, 0.4) is 0 Å². The molecule has 0 saturated carbocycles. The van der Waals surface area contributed by atoms with Crippen molar-refractivity contribution in [2.24, 2.45) is 0 Å². The molecule has 0 amide bonds. The van der Waals surface area contributed by atoms with Crippen LogP contribution in [0.2, 0.25) is 0 Å². The third-order valence-corrected chi connectivity index (χ3v) is 7.58. The molecule has 11 heteroatoms. The number of nitrogen functional groups attached to an aromatic ring is 1. The van der Waals surface area contributed by atoms with Gasteiger partial charge in [-0.2, -0.15) is 26.1 Å². The average molecular weight is 512 g/mol. The Morgan fingerprint density at radius 3 is 2.69 bits per heavy atom. The van der Waals surface area contributed by atoms with Crippen LogP contribution in [-0.4, -0.2) is 49.5 Å². The second-order valence-electron chi connectivity index (χ2n) is 9.42. The van der Waals surface area contributed by atoms with Crippen molar-refractivity contribution in [3.8, 4) is 11.3 Å². The zero-order chi connectivity index (χ0) is 25.0. The Morgan fingerprint density at radius 1 is 1.11 bits per heavy atom. The molecule has 0 unspecified atom stereocenters. The van der Waals surface area contributed by atoms with Gasteiger partial charge >= 0.3 is 6.08 Å². The quantitative estimate of drug-likeness (QED) is 0.375. The van der Waals surface area contributed by atoms with Crippen molar-refractivity contribution < 1.29 is 23.1 Å². The van der Waals surface area contributed by atoms with E-state index in [1.54, 1.807) is 28.6 Å². The number of nitrogens with two attached hydrogens (primary N) is 1. The van der Waals surface area contributed by atoms with Gasteiger partial charge in [-0.15, -0.1) is 0 Å². The van der Waals surface area contributed by atoms with E-state index in [1.807, 2.05) is 51.1 Å². The molecule has 2 aliphatic rings. The molecule has 2 aliphatic heterocycles. The van der Waals surface area contributed by atoms with Crippen LogP contribution in [-0.2, 0) is 20.0 Å². The molecule has 2 N–H and O–H groups in total. The van der Waals surface area contributed by atoms with Gasteiger partial charge in [0.1, 0.15) is 18.0 Å².